The number of carboxylic acid groups (broad SMARTS) is 1. The molecule has 0 amide bonds. The van der Waals surface area contributed by atoms with E-state index in [0.717, 1.165) is 48.8 Å². The predicted molar refractivity (Wildman–Crippen MR) is 109 cm³/mol. The number of aromatic nitrogens is 1. The maximum absolute atomic E-state index is 13.6. The number of nitrogens with one attached hydrogen (secondary N) is 1. The van der Waals surface area contributed by atoms with Gasteiger partial charge in [-0.25, -0.2) is 0 Å². The van der Waals surface area contributed by atoms with Crippen LogP contribution in [0.15, 0.2) is 18.2 Å². The summed E-state index contributed by atoms with van der Waals surface area (Å²) in [4.78, 5) is 16.9. The third kappa shape index (κ3) is 4.04. The lowest BCUT2D eigenvalue weighted by Crippen LogP contribution is -2.37. The van der Waals surface area contributed by atoms with Gasteiger partial charge >= 0.3 is 12.1 Å². The minimum Gasteiger partial charge on any atom is -0.481 e. The van der Waals surface area contributed by atoms with Crippen molar-refractivity contribution in [3.8, 4) is 0 Å². The molecular formula is C22H24ClF3N2O2. The van der Waals surface area contributed by atoms with Crippen molar-refractivity contribution in [1.82, 2.24) is 4.98 Å². The minimum atomic E-state index is -4.48. The summed E-state index contributed by atoms with van der Waals surface area (Å²) in [6.07, 6.45) is 0.513. The van der Waals surface area contributed by atoms with Gasteiger partial charge in [-0.1, -0.05) is 17.7 Å². The highest BCUT2D eigenvalue weighted by molar-refractivity contribution is 6.31. The molecule has 8 heteroatoms. The summed E-state index contributed by atoms with van der Waals surface area (Å²) in [5.74, 6) is -1.14. The van der Waals surface area contributed by atoms with E-state index in [9.17, 15) is 23.1 Å². The molecule has 2 aliphatic rings. The Morgan fingerprint density at radius 3 is 2.57 bits per heavy atom. The molecule has 2 heterocycles. The zero-order valence-electron chi connectivity index (χ0n) is 16.5. The van der Waals surface area contributed by atoms with E-state index in [1.54, 1.807) is 0 Å². The fourth-order valence-electron chi connectivity index (χ4n) is 4.77. The van der Waals surface area contributed by atoms with Crippen LogP contribution in [0.25, 0.3) is 0 Å². The highest BCUT2D eigenvalue weighted by Crippen LogP contribution is 2.40. The van der Waals surface area contributed by atoms with Crippen LogP contribution < -0.4 is 4.90 Å². The largest absolute Gasteiger partial charge is 0.481 e. The van der Waals surface area contributed by atoms with Gasteiger partial charge in [0, 0.05) is 35.9 Å². The number of anilines is 1. The summed E-state index contributed by atoms with van der Waals surface area (Å²) >= 11 is 6.21. The Balaban J connectivity index is 1.72. The molecule has 0 atom stereocenters. The van der Waals surface area contributed by atoms with Gasteiger partial charge in [-0.2, -0.15) is 13.2 Å². The number of hydrogen-bond donors (Lipinski definition) is 2. The maximum atomic E-state index is 13.6. The van der Waals surface area contributed by atoms with Crippen LogP contribution in [0.1, 0.15) is 53.8 Å². The number of H-pyrrole nitrogens is 1. The molecule has 4 nitrogen and oxygen atoms in total. The van der Waals surface area contributed by atoms with Crippen LogP contribution in [0.5, 0.6) is 0 Å². The molecule has 0 saturated carbocycles. The fraction of sp³-hybridized carbons (Fsp3) is 0.500. The first-order valence-electron chi connectivity index (χ1n) is 10.3. The number of aromatic amines is 1. The number of rotatable bonds is 4. The van der Waals surface area contributed by atoms with Crippen molar-refractivity contribution < 1.29 is 23.1 Å². The maximum Gasteiger partial charge on any atom is 0.416 e. The van der Waals surface area contributed by atoms with Crippen molar-refractivity contribution in [2.75, 3.05) is 18.0 Å². The Labute approximate surface area is 178 Å². The van der Waals surface area contributed by atoms with Gasteiger partial charge in [0.1, 0.15) is 0 Å². The Morgan fingerprint density at radius 1 is 1.20 bits per heavy atom. The molecule has 1 aromatic heterocycles. The van der Waals surface area contributed by atoms with Gasteiger partial charge < -0.3 is 15.0 Å². The smallest absolute Gasteiger partial charge is 0.416 e. The quantitative estimate of drug-likeness (QED) is 0.664. The normalized spacial score (nSPS) is 17.8. The lowest BCUT2D eigenvalue weighted by atomic mass is 9.92. The van der Waals surface area contributed by atoms with E-state index in [1.165, 1.54) is 17.7 Å². The molecule has 0 spiro atoms. The highest BCUT2D eigenvalue weighted by atomic mass is 35.5. The van der Waals surface area contributed by atoms with Gasteiger partial charge in [0.05, 0.1) is 17.2 Å². The molecule has 0 radical (unpaired) electrons. The molecule has 4 rings (SSSR count). The van der Waals surface area contributed by atoms with Gasteiger partial charge in [-0.05, 0) is 61.8 Å². The number of piperidine rings is 1. The van der Waals surface area contributed by atoms with E-state index >= 15 is 0 Å². The third-order valence-corrected chi connectivity index (χ3v) is 6.63. The van der Waals surface area contributed by atoms with Crippen molar-refractivity contribution >= 4 is 23.3 Å². The molecule has 1 aromatic carbocycles. The van der Waals surface area contributed by atoms with E-state index in [-0.39, 0.29) is 22.9 Å². The SMILES string of the molecule is O=C(O)C1CCN(c2c(Cc3c(Cl)cccc3C(F)(F)F)[nH]c3c2CCCC3)CC1. The first kappa shape index (κ1) is 21.1. The molecule has 30 heavy (non-hydrogen) atoms. The van der Waals surface area contributed by atoms with Crippen molar-refractivity contribution in [2.45, 2.75) is 51.1 Å². The molecule has 1 saturated heterocycles. The fourth-order valence-corrected chi connectivity index (χ4v) is 5.01. The number of hydrogen-bond acceptors (Lipinski definition) is 2. The van der Waals surface area contributed by atoms with Gasteiger partial charge in [0.25, 0.3) is 0 Å². The minimum absolute atomic E-state index is 0.0652. The number of nitrogens with zero attached hydrogens (tertiary/aromatic N) is 1. The summed E-state index contributed by atoms with van der Waals surface area (Å²) in [5, 5.41) is 9.39. The number of aryl methyl sites for hydroxylation is 1. The van der Waals surface area contributed by atoms with E-state index in [2.05, 4.69) is 9.88 Å². The molecule has 2 N–H and O–H groups in total. The van der Waals surface area contributed by atoms with Crippen LogP contribution in [0.3, 0.4) is 0 Å². The summed E-state index contributed by atoms with van der Waals surface area (Å²) in [6, 6.07) is 3.89. The van der Waals surface area contributed by atoms with Gasteiger partial charge in [-0.3, -0.25) is 4.79 Å². The van der Waals surface area contributed by atoms with Crippen molar-refractivity contribution in [3.63, 3.8) is 0 Å². The number of aliphatic carboxylic acids is 1. The summed E-state index contributed by atoms with van der Waals surface area (Å²) < 4.78 is 40.8. The highest BCUT2D eigenvalue weighted by Gasteiger charge is 2.35. The van der Waals surface area contributed by atoms with Crippen LogP contribution in [0.4, 0.5) is 18.9 Å². The number of halogens is 4. The lowest BCUT2D eigenvalue weighted by molar-refractivity contribution is -0.142. The molecular weight excluding hydrogens is 417 g/mol. The number of fused-ring (bicyclic) bond motifs is 1. The van der Waals surface area contributed by atoms with Crippen molar-refractivity contribution in [3.05, 3.63) is 51.3 Å². The van der Waals surface area contributed by atoms with E-state index < -0.39 is 17.7 Å². The molecule has 1 aliphatic carbocycles. The predicted octanol–water partition coefficient (Wildman–Crippen LogP) is 5.46. The number of carbonyl (C=O) groups is 1. The molecule has 0 bridgehead atoms. The van der Waals surface area contributed by atoms with Gasteiger partial charge in [0.2, 0.25) is 0 Å². The van der Waals surface area contributed by atoms with Crippen LogP contribution >= 0.6 is 11.6 Å². The number of carboxylic acids is 1. The number of alkyl halides is 3. The standard InChI is InChI=1S/C22H24ClF3N2O2/c23-17-6-3-5-16(22(24,25)26)15(17)12-19-20(14-4-1-2-7-18(14)27-19)28-10-8-13(9-11-28)21(29)30/h3,5-6,13,27H,1-2,4,7-12H2,(H,29,30). The second kappa shape index (κ2) is 8.17. The van der Waals surface area contributed by atoms with Gasteiger partial charge in [0.15, 0.2) is 0 Å². The van der Waals surface area contributed by atoms with Crippen LogP contribution in [-0.2, 0) is 30.2 Å². The molecule has 162 valence electrons. The Morgan fingerprint density at radius 2 is 1.90 bits per heavy atom. The zero-order valence-corrected chi connectivity index (χ0v) is 17.2. The summed E-state index contributed by atoms with van der Waals surface area (Å²) in [7, 11) is 0. The van der Waals surface area contributed by atoms with Crippen LogP contribution in [0, 0.1) is 5.92 Å². The Hall–Kier alpha value is -2.15. The van der Waals surface area contributed by atoms with E-state index in [1.807, 2.05) is 0 Å². The monoisotopic (exact) mass is 440 g/mol. The molecule has 2 aromatic rings. The van der Waals surface area contributed by atoms with Crippen molar-refractivity contribution in [1.29, 1.82) is 0 Å². The van der Waals surface area contributed by atoms with E-state index in [0.29, 0.717) is 25.9 Å². The molecule has 1 aliphatic heterocycles. The first-order chi connectivity index (χ1) is 14.3. The average molecular weight is 441 g/mol. The van der Waals surface area contributed by atoms with Gasteiger partial charge in [-0.15, -0.1) is 0 Å². The summed E-state index contributed by atoms with van der Waals surface area (Å²) in [6.45, 7) is 1.17. The molecule has 1 fully saturated rings. The second-order valence-corrected chi connectivity index (χ2v) is 8.56. The molecule has 0 unspecified atom stereocenters. The topological polar surface area (TPSA) is 56.3 Å². The summed E-state index contributed by atoms with van der Waals surface area (Å²) in [5.41, 5.74) is 3.33. The third-order valence-electron chi connectivity index (χ3n) is 6.28. The van der Waals surface area contributed by atoms with Crippen molar-refractivity contribution in [2.24, 2.45) is 5.92 Å². The van der Waals surface area contributed by atoms with Crippen LogP contribution in [-0.4, -0.2) is 29.1 Å². The first-order valence-corrected chi connectivity index (χ1v) is 10.7. The van der Waals surface area contributed by atoms with E-state index in [4.69, 9.17) is 11.6 Å². The Bertz CT molecular complexity index is 947. The zero-order chi connectivity index (χ0) is 21.5. The Kier molecular flexibility index (Phi) is 5.75. The lowest BCUT2D eigenvalue weighted by Gasteiger charge is -2.33. The average Bonchev–Trinajstić information content (AvgIpc) is 3.06. The second-order valence-electron chi connectivity index (χ2n) is 8.16. The number of benzene rings is 1. The van der Waals surface area contributed by atoms with Crippen LogP contribution in [0.2, 0.25) is 5.02 Å².